The fraction of sp³-hybridized carbons (Fsp3) is 0.231. The maximum atomic E-state index is 10.7. The molecular formula is C13H14N2O3. The molecular weight excluding hydrogens is 232 g/mol. The van der Waals surface area contributed by atoms with Crippen LogP contribution in [0.4, 0.5) is 5.82 Å². The zero-order chi connectivity index (χ0) is 13.0. The molecule has 5 heteroatoms. The van der Waals surface area contributed by atoms with Gasteiger partial charge >= 0.3 is 5.97 Å². The SMILES string of the molecule is CC(Cc1ccco1)Nc1ccc(C(=O)O)cn1. The number of nitrogens with zero attached hydrogens (tertiary/aromatic N) is 1. The maximum absolute atomic E-state index is 10.7. The van der Waals surface area contributed by atoms with E-state index in [2.05, 4.69) is 10.3 Å². The molecule has 0 radical (unpaired) electrons. The van der Waals surface area contributed by atoms with Gasteiger partial charge in [-0.15, -0.1) is 0 Å². The molecule has 1 atom stereocenters. The molecule has 0 amide bonds. The molecule has 0 aliphatic heterocycles. The van der Waals surface area contributed by atoms with Gasteiger partial charge in [-0.1, -0.05) is 0 Å². The highest BCUT2D eigenvalue weighted by atomic mass is 16.4. The summed E-state index contributed by atoms with van der Waals surface area (Å²) >= 11 is 0. The Hall–Kier alpha value is -2.30. The molecule has 2 aromatic rings. The molecule has 94 valence electrons. The molecule has 1 unspecified atom stereocenters. The first kappa shape index (κ1) is 12.2. The number of hydrogen-bond acceptors (Lipinski definition) is 4. The number of aromatic nitrogens is 1. The van der Waals surface area contributed by atoms with E-state index in [1.54, 1.807) is 12.3 Å². The molecule has 2 heterocycles. The lowest BCUT2D eigenvalue weighted by molar-refractivity contribution is 0.0696. The van der Waals surface area contributed by atoms with E-state index in [9.17, 15) is 4.79 Å². The molecule has 0 saturated carbocycles. The smallest absolute Gasteiger partial charge is 0.337 e. The Morgan fingerprint density at radius 2 is 2.33 bits per heavy atom. The fourth-order valence-electron chi connectivity index (χ4n) is 1.64. The Bertz CT molecular complexity index is 506. The van der Waals surface area contributed by atoms with E-state index in [0.29, 0.717) is 5.82 Å². The monoisotopic (exact) mass is 246 g/mol. The Morgan fingerprint density at radius 1 is 1.50 bits per heavy atom. The van der Waals surface area contributed by atoms with Gasteiger partial charge in [0.05, 0.1) is 11.8 Å². The van der Waals surface area contributed by atoms with Crippen molar-refractivity contribution in [2.75, 3.05) is 5.32 Å². The number of carboxylic acids is 1. The van der Waals surface area contributed by atoms with Crippen molar-refractivity contribution in [1.29, 1.82) is 0 Å². The lowest BCUT2D eigenvalue weighted by Gasteiger charge is -2.12. The van der Waals surface area contributed by atoms with Crippen LogP contribution >= 0.6 is 0 Å². The van der Waals surface area contributed by atoms with Gasteiger partial charge in [0.1, 0.15) is 11.6 Å². The summed E-state index contributed by atoms with van der Waals surface area (Å²) < 4.78 is 5.25. The minimum absolute atomic E-state index is 0.152. The molecule has 0 fully saturated rings. The van der Waals surface area contributed by atoms with Crippen LogP contribution in [-0.2, 0) is 6.42 Å². The average molecular weight is 246 g/mol. The van der Waals surface area contributed by atoms with Gasteiger partial charge in [0, 0.05) is 18.7 Å². The molecule has 0 spiro atoms. The van der Waals surface area contributed by atoms with Crippen molar-refractivity contribution < 1.29 is 14.3 Å². The molecule has 2 N–H and O–H groups in total. The van der Waals surface area contributed by atoms with Crippen LogP contribution in [-0.4, -0.2) is 22.1 Å². The van der Waals surface area contributed by atoms with Gasteiger partial charge < -0.3 is 14.8 Å². The van der Waals surface area contributed by atoms with E-state index in [4.69, 9.17) is 9.52 Å². The number of pyridine rings is 1. The average Bonchev–Trinajstić information content (AvgIpc) is 2.82. The number of carboxylic acid groups (broad SMARTS) is 1. The molecule has 2 rings (SSSR count). The van der Waals surface area contributed by atoms with E-state index in [1.807, 2.05) is 19.1 Å². The number of hydrogen-bond donors (Lipinski definition) is 2. The maximum Gasteiger partial charge on any atom is 0.337 e. The molecule has 2 aromatic heterocycles. The quantitative estimate of drug-likeness (QED) is 0.847. The second-order valence-electron chi connectivity index (χ2n) is 4.07. The van der Waals surface area contributed by atoms with Crippen molar-refractivity contribution in [2.24, 2.45) is 0 Å². The van der Waals surface area contributed by atoms with Crippen molar-refractivity contribution in [3.05, 3.63) is 48.0 Å². The first-order valence-electron chi connectivity index (χ1n) is 5.63. The molecule has 5 nitrogen and oxygen atoms in total. The zero-order valence-electron chi connectivity index (χ0n) is 9.96. The highest BCUT2D eigenvalue weighted by Gasteiger charge is 2.07. The summed E-state index contributed by atoms with van der Waals surface area (Å²) in [5, 5.41) is 11.9. The molecule has 0 saturated heterocycles. The Kier molecular flexibility index (Phi) is 3.62. The number of furan rings is 1. The van der Waals surface area contributed by atoms with Crippen LogP contribution in [0.1, 0.15) is 23.0 Å². The van der Waals surface area contributed by atoms with Gasteiger partial charge in [-0.25, -0.2) is 9.78 Å². The van der Waals surface area contributed by atoms with E-state index in [0.717, 1.165) is 12.2 Å². The minimum Gasteiger partial charge on any atom is -0.478 e. The van der Waals surface area contributed by atoms with E-state index in [1.165, 1.54) is 12.3 Å². The van der Waals surface area contributed by atoms with Gasteiger partial charge in [-0.05, 0) is 31.2 Å². The zero-order valence-corrected chi connectivity index (χ0v) is 9.96. The van der Waals surface area contributed by atoms with Crippen LogP contribution in [0.15, 0.2) is 41.1 Å². The van der Waals surface area contributed by atoms with Crippen LogP contribution in [0.3, 0.4) is 0 Å². The molecule has 0 aliphatic rings. The Balaban J connectivity index is 1.94. The summed E-state index contributed by atoms with van der Waals surface area (Å²) in [6, 6.07) is 7.10. The number of nitrogens with one attached hydrogen (secondary N) is 1. The number of aromatic carboxylic acids is 1. The lowest BCUT2D eigenvalue weighted by atomic mass is 10.2. The fourth-order valence-corrected chi connectivity index (χ4v) is 1.64. The van der Waals surface area contributed by atoms with Gasteiger partial charge in [0.2, 0.25) is 0 Å². The third-order valence-corrected chi connectivity index (χ3v) is 2.49. The van der Waals surface area contributed by atoms with E-state index < -0.39 is 5.97 Å². The standard InChI is InChI=1S/C13H14N2O3/c1-9(7-11-3-2-6-18-11)15-12-5-4-10(8-14-12)13(16)17/h2-6,8-9H,7H2,1H3,(H,14,15)(H,16,17). The first-order chi connectivity index (χ1) is 8.65. The molecule has 0 aromatic carbocycles. The highest BCUT2D eigenvalue weighted by molar-refractivity contribution is 5.87. The van der Waals surface area contributed by atoms with Crippen molar-refractivity contribution in [3.63, 3.8) is 0 Å². The van der Waals surface area contributed by atoms with Crippen LogP contribution in [0.25, 0.3) is 0 Å². The summed E-state index contributed by atoms with van der Waals surface area (Å²) in [6.07, 6.45) is 3.72. The highest BCUT2D eigenvalue weighted by Crippen LogP contribution is 2.10. The second-order valence-corrected chi connectivity index (χ2v) is 4.07. The summed E-state index contributed by atoms with van der Waals surface area (Å²) in [4.78, 5) is 14.7. The normalized spacial score (nSPS) is 12.1. The van der Waals surface area contributed by atoms with E-state index in [-0.39, 0.29) is 11.6 Å². The predicted molar refractivity (Wildman–Crippen MR) is 66.7 cm³/mol. The summed E-state index contributed by atoms with van der Waals surface area (Å²) in [5.74, 6) is 0.578. The van der Waals surface area contributed by atoms with Crippen molar-refractivity contribution in [2.45, 2.75) is 19.4 Å². The topological polar surface area (TPSA) is 75.4 Å². The van der Waals surface area contributed by atoms with Crippen molar-refractivity contribution in [1.82, 2.24) is 4.98 Å². The Morgan fingerprint density at radius 3 is 2.89 bits per heavy atom. The van der Waals surface area contributed by atoms with Gasteiger partial charge in [-0.2, -0.15) is 0 Å². The van der Waals surface area contributed by atoms with Crippen LogP contribution < -0.4 is 5.32 Å². The van der Waals surface area contributed by atoms with Crippen LogP contribution in [0.5, 0.6) is 0 Å². The third kappa shape index (κ3) is 3.10. The van der Waals surface area contributed by atoms with E-state index >= 15 is 0 Å². The molecule has 18 heavy (non-hydrogen) atoms. The van der Waals surface area contributed by atoms with Crippen molar-refractivity contribution in [3.8, 4) is 0 Å². The third-order valence-electron chi connectivity index (χ3n) is 2.49. The van der Waals surface area contributed by atoms with Gasteiger partial charge in [-0.3, -0.25) is 0 Å². The predicted octanol–water partition coefficient (Wildman–Crippen LogP) is 2.42. The van der Waals surface area contributed by atoms with Crippen LogP contribution in [0, 0.1) is 0 Å². The number of carbonyl (C=O) groups is 1. The lowest BCUT2D eigenvalue weighted by Crippen LogP contribution is -2.18. The number of rotatable bonds is 5. The Labute approximate surface area is 104 Å². The molecule has 0 aliphatic carbocycles. The van der Waals surface area contributed by atoms with Gasteiger partial charge in [0.25, 0.3) is 0 Å². The minimum atomic E-state index is -0.974. The molecule has 0 bridgehead atoms. The second kappa shape index (κ2) is 5.35. The van der Waals surface area contributed by atoms with Crippen molar-refractivity contribution >= 4 is 11.8 Å². The first-order valence-corrected chi connectivity index (χ1v) is 5.63. The summed E-state index contributed by atoms with van der Waals surface area (Å²) in [6.45, 7) is 2.01. The van der Waals surface area contributed by atoms with Gasteiger partial charge in [0.15, 0.2) is 0 Å². The summed E-state index contributed by atoms with van der Waals surface area (Å²) in [7, 11) is 0. The largest absolute Gasteiger partial charge is 0.478 e. The summed E-state index contributed by atoms with van der Waals surface area (Å²) in [5.41, 5.74) is 0.180. The number of anilines is 1. The van der Waals surface area contributed by atoms with Crippen LogP contribution in [0.2, 0.25) is 0 Å².